The third-order valence-corrected chi connectivity index (χ3v) is 4.57. The monoisotopic (exact) mass is 282 g/mol. The molecule has 0 bridgehead atoms. The van der Waals surface area contributed by atoms with Gasteiger partial charge in [0.25, 0.3) is 0 Å². The van der Waals surface area contributed by atoms with E-state index in [1.165, 1.54) is 21.4 Å². The van der Waals surface area contributed by atoms with E-state index in [9.17, 15) is 0 Å². The van der Waals surface area contributed by atoms with Crippen LogP contribution in [0.25, 0.3) is 10.2 Å². The van der Waals surface area contributed by atoms with Crippen molar-refractivity contribution in [3.05, 3.63) is 59.2 Å². The number of fused-ring (bicyclic) bond motifs is 1. The number of benzene rings is 2. The topological polar surface area (TPSA) is 24.9 Å². The molecule has 2 nitrogen and oxygen atoms in total. The fourth-order valence-electron chi connectivity index (χ4n) is 2.48. The number of nitrogens with one attached hydrogen (secondary N) is 1. The molecule has 0 saturated heterocycles. The lowest BCUT2D eigenvalue weighted by Gasteiger charge is -2.15. The summed E-state index contributed by atoms with van der Waals surface area (Å²) in [4.78, 5) is 4.71. The second-order valence-corrected chi connectivity index (χ2v) is 6.19. The maximum Gasteiger partial charge on any atom is 0.184 e. The lowest BCUT2D eigenvalue weighted by atomic mass is 10.0. The molecule has 0 aliphatic carbocycles. The molecule has 3 aromatic rings. The van der Waals surface area contributed by atoms with E-state index in [2.05, 4.69) is 68.6 Å². The van der Waals surface area contributed by atoms with Gasteiger partial charge in [0, 0.05) is 0 Å². The molecule has 0 radical (unpaired) electrons. The Kier molecular flexibility index (Phi) is 3.45. The van der Waals surface area contributed by atoms with Gasteiger partial charge in [0.15, 0.2) is 5.13 Å². The van der Waals surface area contributed by atoms with E-state index >= 15 is 0 Å². The van der Waals surface area contributed by atoms with Crippen molar-refractivity contribution < 1.29 is 0 Å². The van der Waals surface area contributed by atoms with Crippen LogP contribution in [0.3, 0.4) is 0 Å². The molecule has 1 aromatic heterocycles. The van der Waals surface area contributed by atoms with Crippen LogP contribution < -0.4 is 5.32 Å². The molecule has 1 atom stereocenters. The number of aromatic nitrogens is 1. The Morgan fingerprint density at radius 3 is 2.50 bits per heavy atom. The van der Waals surface area contributed by atoms with Crippen molar-refractivity contribution in [3.63, 3.8) is 0 Å². The molecule has 3 rings (SSSR count). The highest BCUT2D eigenvalue weighted by atomic mass is 32.1. The van der Waals surface area contributed by atoms with Crippen LogP contribution in [-0.4, -0.2) is 4.98 Å². The number of para-hydroxylation sites is 1. The number of anilines is 1. The summed E-state index contributed by atoms with van der Waals surface area (Å²) in [6.07, 6.45) is 0. The molecule has 2 aromatic carbocycles. The number of hydrogen-bond donors (Lipinski definition) is 1. The number of rotatable bonds is 3. The van der Waals surface area contributed by atoms with E-state index in [0.717, 1.165) is 10.6 Å². The molecule has 20 heavy (non-hydrogen) atoms. The summed E-state index contributed by atoms with van der Waals surface area (Å²) in [5, 5.41) is 4.51. The fourth-order valence-corrected chi connectivity index (χ4v) is 3.51. The smallest absolute Gasteiger partial charge is 0.184 e. The van der Waals surface area contributed by atoms with Gasteiger partial charge in [0.05, 0.1) is 16.3 Å². The highest BCUT2D eigenvalue weighted by Gasteiger charge is 2.11. The lowest BCUT2D eigenvalue weighted by Crippen LogP contribution is -2.07. The van der Waals surface area contributed by atoms with Gasteiger partial charge in [0.2, 0.25) is 0 Å². The molecule has 0 amide bonds. The lowest BCUT2D eigenvalue weighted by molar-refractivity contribution is 0.872. The van der Waals surface area contributed by atoms with Crippen molar-refractivity contribution in [2.45, 2.75) is 26.8 Å². The average molecular weight is 282 g/mol. The minimum Gasteiger partial charge on any atom is -0.355 e. The summed E-state index contributed by atoms with van der Waals surface area (Å²) in [7, 11) is 0. The van der Waals surface area contributed by atoms with E-state index in [1.807, 2.05) is 0 Å². The quantitative estimate of drug-likeness (QED) is 0.724. The summed E-state index contributed by atoms with van der Waals surface area (Å²) in [6, 6.07) is 15.1. The molecule has 0 saturated carbocycles. The third-order valence-electron chi connectivity index (χ3n) is 3.62. The van der Waals surface area contributed by atoms with Crippen LogP contribution >= 0.6 is 11.3 Å². The number of hydrogen-bond acceptors (Lipinski definition) is 3. The molecular formula is C17H18N2S. The van der Waals surface area contributed by atoms with Crippen LogP contribution in [0.15, 0.2) is 42.5 Å². The molecule has 1 unspecified atom stereocenters. The second kappa shape index (κ2) is 5.25. The van der Waals surface area contributed by atoms with Gasteiger partial charge >= 0.3 is 0 Å². The van der Waals surface area contributed by atoms with E-state index in [1.54, 1.807) is 11.3 Å². The van der Waals surface area contributed by atoms with Crippen molar-refractivity contribution in [3.8, 4) is 0 Å². The van der Waals surface area contributed by atoms with E-state index in [0.29, 0.717) is 0 Å². The van der Waals surface area contributed by atoms with Crippen molar-refractivity contribution in [2.75, 3.05) is 5.32 Å². The van der Waals surface area contributed by atoms with Gasteiger partial charge in [0.1, 0.15) is 0 Å². The van der Waals surface area contributed by atoms with Crippen LogP contribution in [0.2, 0.25) is 0 Å². The van der Waals surface area contributed by atoms with Crippen molar-refractivity contribution in [1.29, 1.82) is 0 Å². The van der Waals surface area contributed by atoms with Gasteiger partial charge < -0.3 is 5.32 Å². The summed E-state index contributed by atoms with van der Waals surface area (Å²) < 4.78 is 1.24. The Morgan fingerprint density at radius 2 is 1.75 bits per heavy atom. The van der Waals surface area contributed by atoms with Gasteiger partial charge in [-0.3, -0.25) is 0 Å². The van der Waals surface area contributed by atoms with Crippen LogP contribution in [0, 0.1) is 13.8 Å². The summed E-state index contributed by atoms with van der Waals surface area (Å²) in [6.45, 7) is 6.44. The highest BCUT2D eigenvalue weighted by Crippen LogP contribution is 2.30. The maximum atomic E-state index is 4.71. The average Bonchev–Trinajstić information content (AvgIpc) is 2.83. The molecule has 0 spiro atoms. The van der Waals surface area contributed by atoms with Gasteiger partial charge in [-0.05, 0) is 43.5 Å². The van der Waals surface area contributed by atoms with E-state index in [4.69, 9.17) is 4.98 Å². The first-order valence-electron chi connectivity index (χ1n) is 6.83. The van der Waals surface area contributed by atoms with Gasteiger partial charge in [-0.15, -0.1) is 0 Å². The Labute approximate surface area is 123 Å². The molecule has 0 aliphatic rings. The number of nitrogens with zero attached hydrogens (tertiary/aromatic N) is 1. The van der Waals surface area contributed by atoms with Gasteiger partial charge in [-0.25, -0.2) is 4.98 Å². The van der Waals surface area contributed by atoms with Crippen LogP contribution in [0.5, 0.6) is 0 Å². The maximum absolute atomic E-state index is 4.71. The van der Waals surface area contributed by atoms with E-state index < -0.39 is 0 Å². The van der Waals surface area contributed by atoms with Gasteiger partial charge in [-0.1, -0.05) is 47.7 Å². The fraction of sp³-hybridized carbons (Fsp3) is 0.235. The Balaban J connectivity index is 1.90. The molecule has 0 aliphatic heterocycles. The van der Waals surface area contributed by atoms with Crippen molar-refractivity contribution >= 4 is 26.7 Å². The minimum atomic E-state index is 0.261. The summed E-state index contributed by atoms with van der Waals surface area (Å²) in [5.74, 6) is 0. The first kappa shape index (κ1) is 13.1. The Morgan fingerprint density at radius 1 is 1.00 bits per heavy atom. The predicted molar refractivity (Wildman–Crippen MR) is 87.6 cm³/mol. The van der Waals surface area contributed by atoms with Crippen LogP contribution in [0.1, 0.15) is 29.7 Å². The molecule has 102 valence electrons. The first-order chi connectivity index (χ1) is 9.65. The Bertz CT molecular complexity index is 746. The van der Waals surface area contributed by atoms with Crippen LogP contribution in [0.4, 0.5) is 5.13 Å². The summed E-state index contributed by atoms with van der Waals surface area (Å²) in [5.41, 5.74) is 4.97. The minimum absolute atomic E-state index is 0.261. The first-order valence-corrected chi connectivity index (χ1v) is 7.65. The van der Waals surface area contributed by atoms with E-state index in [-0.39, 0.29) is 6.04 Å². The zero-order valence-electron chi connectivity index (χ0n) is 12.0. The molecule has 3 heteroatoms. The van der Waals surface area contributed by atoms with Gasteiger partial charge in [-0.2, -0.15) is 0 Å². The normalized spacial score (nSPS) is 12.6. The largest absolute Gasteiger partial charge is 0.355 e. The summed E-state index contributed by atoms with van der Waals surface area (Å²) >= 11 is 1.72. The standard InChI is InChI=1S/C17H18N2S/c1-11-7-4-5-9-14(11)13(3)18-17-19-16-12(2)8-6-10-15(16)20-17/h4-10,13H,1-3H3,(H,18,19). The molecular weight excluding hydrogens is 264 g/mol. The second-order valence-electron chi connectivity index (χ2n) is 5.16. The Hall–Kier alpha value is -1.87. The van der Waals surface area contributed by atoms with Crippen LogP contribution in [-0.2, 0) is 0 Å². The zero-order valence-corrected chi connectivity index (χ0v) is 12.8. The highest BCUT2D eigenvalue weighted by molar-refractivity contribution is 7.22. The predicted octanol–water partition coefficient (Wildman–Crippen LogP) is 5.09. The van der Waals surface area contributed by atoms with Crippen molar-refractivity contribution in [1.82, 2.24) is 4.98 Å². The zero-order chi connectivity index (χ0) is 14.1. The number of thiazole rings is 1. The van der Waals surface area contributed by atoms with Crippen molar-refractivity contribution in [2.24, 2.45) is 0 Å². The number of aryl methyl sites for hydroxylation is 2. The SMILES string of the molecule is Cc1ccccc1C(C)Nc1nc2c(C)cccc2s1. The molecule has 1 heterocycles. The molecule has 1 N–H and O–H groups in total. The molecule has 0 fully saturated rings. The third kappa shape index (κ3) is 2.41.